The Kier molecular flexibility index (Phi) is 2.56. The summed E-state index contributed by atoms with van der Waals surface area (Å²) in [6.07, 6.45) is 0. The van der Waals surface area contributed by atoms with Crippen LogP contribution < -0.4 is 13.6 Å². The summed E-state index contributed by atoms with van der Waals surface area (Å²) in [6, 6.07) is -3.20. The van der Waals surface area contributed by atoms with Crippen molar-refractivity contribution in [2.45, 2.75) is 13.8 Å². The summed E-state index contributed by atoms with van der Waals surface area (Å²) in [6.45, 7) is 3.41. The van der Waals surface area contributed by atoms with Crippen molar-refractivity contribution in [1.29, 1.82) is 0 Å². The quantitative estimate of drug-likeness (QED) is 0.507. The van der Waals surface area contributed by atoms with Crippen LogP contribution >= 0.6 is 7.82 Å². The molecule has 0 aliphatic rings. The first-order valence-corrected chi connectivity index (χ1v) is 8.54. The average Bonchev–Trinajstić information content (AvgIpc) is 2.81. The second kappa shape index (κ2) is 7.45. The predicted octanol–water partition coefficient (Wildman–Crippen LogP) is 5.95. The standard InChI is InChI=1S/C20H19O4P/c1-16-13-14-20(17(2)15-16)24-25(21,22-18-9-5-3-6-10-18)23-19-11-7-4-8-12-19/h3-15H,1-2H3/i3D,4D,5D,6D,7D,8D,9D,10D,11D,12D. The van der Waals surface area contributed by atoms with Crippen LogP contribution in [0.1, 0.15) is 24.8 Å². The van der Waals surface area contributed by atoms with Crippen LogP contribution in [0.4, 0.5) is 0 Å². The van der Waals surface area contributed by atoms with Gasteiger partial charge in [0.05, 0.1) is 13.7 Å². The van der Waals surface area contributed by atoms with Crippen LogP contribution in [-0.4, -0.2) is 0 Å². The first-order valence-electron chi connectivity index (χ1n) is 12.1. The Morgan fingerprint density at radius 3 is 1.80 bits per heavy atom. The number of para-hydroxylation sites is 2. The van der Waals surface area contributed by atoms with Crippen molar-refractivity contribution in [2.75, 3.05) is 0 Å². The molecule has 5 heteroatoms. The topological polar surface area (TPSA) is 44.8 Å². The number of rotatable bonds is 6. The van der Waals surface area contributed by atoms with E-state index in [1.165, 1.54) is 6.07 Å². The maximum absolute atomic E-state index is 13.8. The van der Waals surface area contributed by atoms with Crippen LogP contribution in [0.3, 0.4) is 0 Å². The maximum Gasteiger partial charge on any atom is 0.647 e. The monoisotopic (exact) mass is 364 g/mol. The Labute approximate surface area is 161 Å². The molecule has 25 heavy (non-hydrogen) atoms. The van der Waals surface area contributed by atoms with Gasteiger partial charge in [-0.05, 0) is 49.6 Å². The van der Waals surface area contributed by atoms with E-state index in [2.05, 4.69) is 0 Å². The summed E-state index contributed by atoms with van der Waals surface area (Å²) in [5, 5.41) is 0. The zero-order chi connectivity index (χ0) is 26.4. The van der Waals surface area contributed by atoms with Gasteiger partial charge in [-0.3, -0.25) is 0 Å². The molecule has 3 rings (SSSR count). The SMILES string of the molecule is [2H]c1c([2H])c([2H])c(OP(=O)(Oc2ccc(C)cc2C)Oc2c([2H])c([2H])c([2H])c([2H])c2[2H])c([2H])c1[2H]. The molecule has 0 N–H and O–H groups in total. The minimum absolute atomic E-state index is 0.0290. The summed E-state index contributed by atoms with van der Waals surface area (Å²) >= 11 is 0. The number of phosphoric ester groups is 1. The molecule has 0 saturated heterocycles. The van der Waals surface area contributed by atoms with Gasteiger partial charge in [0.25, 0.3) is 0 Å². The lowest BCUT2D eigenvalue weighted by Crippen LogP contribution is -2.08. The van der Waals surface area contributed by atoms with Crippen LogP contribution in [0.5, 0.6) is 17.2 Å². The molecule has 3 aromatic carbocycles. The fourth-order valence-corrected chi connectivity index (χ4v) is 3.06. The van der Waals surface area contributed by atoms with Crippen molar-refractivity contribution >= 4 is 7.82 Å². The lowest BCUT2D eigenvalue weighted by molar-refractivity contribution is 0.298. The highest BCUT2D eigenvalue weighted by molar-refractivity contribution is 7.49. The zero-order valence-electron chi connectivity index (χ0n) is 23.3. The molecule has 0 radical (unpaired) electrons. The molecule has 0 bridgehead atoms. The Morgan fingerprint density at radius 2 is 1.32 bits per heavy atom. The molecule has 0 aliphatic heterocycles. The molecule has 0 fully saturated rings. The van der Waals surface area contributed by atoms with Crippen molar-refractivity contribution in [3.63, 3.8) is 0 Å². The average molecular weight is 364 g/mol. The molecule has 0 atom stereocenters. The molecule has 0 amide bonds. The van der Waals surface area contributed by atoms with Gasteiger partial charge in [0.2, 0.25) is 0 Å². The molecule has 0 aliphatic carbocycles. The van der Waals surface area contributed by atoms with Gasteiger partial charge in [-0.2, -0.15) is 4.57 Å². The van der Waals surface area contributed by atoms with Crippen molar-refractivity contribution in [3.05, 3.63) is 89.8 Å². The molecular formula is C20H19O4P. The van der Waals surface area contributed by atoms with E-state index >= 15 is 0 Å². The van der Waals surface area contributed by atoms with Gasteiger partial charge in [0.1, 0.15) is 17.2 Å². The number of aryl methyl sites for hydroxylation is 2. The summed E-state index contributed by atoms with van der Waals surface area (Å²) in [5.41, 5.74) is 1.31. The normalized spacial score (nSPS) is 16.6. The third kappa shape index (κ3) is 4.65. The summed E-state index contributed by atoms with van der Waals surface area (Å²) in [5.74, 6) is -1.76. The van der Waals surface area contributed by atoms with E-state index in [1.54, 1.807) is 26.0 Å². The van der Waals surface area contributed by atoms with Gasteiger partial charge in [-0.1, -0.05) is 54.0 Å². The van der Waals surface area contributed by atoms with Crippen molar-refractivity contribution in [2.24, 2.45) is 0 Å². The fourth-order valence-electron chi connectivity index (χ4n) is 1.87. The van der Waals surface area contributed by atoms with E-state index in [-0.39, 0.29) is 5.75 Å². The largest absolute Gasteiger partial charge is 0.647 e. The van der Waals surface area contributed by atoms with E-state index in [0.717, 1.165) is 5.56 Å². The number of hydrogen-bond donors (Lipinski definition) is 0. The van der Waals surface area contributed by atoms with E-state index < -0.39 is 79.7 Å². The Balaban J connectivity index is 2.21. The lowest BCUT2D eigenvalue weighted by atomic mass is 10.1. The van der Waals surface area contributed by atoms with Gasteiger partial charge < -0.3 is 13.6 Å². The van der Waals surface area contributed by atoms with Crippen molar-refractivity contribution < 1.29 is 31.8 Å². The van der Waals surface area contributed by atoms with Crippen LogP contribution in [0.25, 0.3) is 0 Å². The molecule has 4 nitrogen and oxygen atoms in total. The highest BCUT2D eigenvalue weighted by Crippen LogP contribution is 2.50. The fraction of sp³-hybridized carbons (Fsp3) is 0.100. The summed E-state index contributed by atoms with van der Waals surface area (Å²) in [7, 11) is -5.08. The molecule has 0 unspecified atom stereocenters. The third-order valence-electron chi connectivity index (χ3n) is 2.90. The number of benzene rings is 3. The van der Waals surface area contributed by atoms with Gasteiger partial charge in [-0.15, -0.1) is 0 Å². The van der Waals surface area contributed by atoms with Gasteiger partial charge in [0, 0.05) is 0 Å². The lowest BCUT2D eigenvalue weighted by Gasteiger charge is -2.20. The van der Waals surface area contributed by atoms with Gasteiger partial charge in [-0.25, -0.2) is 0 Å². The zero-order valence-corrected chi connectivity index (χ0v) is 14.2. The maximum atomic E-state index is 13.8. The van der Waals surface area contributed by atoms with E-state index in [1.807, 2.05) is 0 Å². The van der Waals surface area contributed by atoms with E-state index in [9.17, 15) is 4.57 Å². The van der Waals surface area contributed by atoms with Crippen molar-refractivity contribution in [1.82, 2.24) is 0 Å². The molecule has 128 valence electrons. The van der Waals surface area contributed by atoms with E-state index in [4.69, 9.17) is 27.3 Å². The van der Waals surface area contributed by atoms with E-state index in [0.29, 0.717) is 5.56 Å². The van der Waals surface area contributed by atoms with Crippen molar-refractivity contribution in [3.8, 4) is 17.2 Å². The smallest absolute Gasteiger partial charge is 0.386 e. The minimum Gasteiger partial charge on any atom is -0.386 e. The number of phosphoric acid groups is 1. The Bertz CT molecular complexity index is 1260. The minimum atomic E-state index is -5.08. The third-order valence-corrected chi connectivity index (χ3v) is 4.13. The predicted molar refractivity (Wildman–Crippen MR) is 98.3 cm³/mol. The molecule has 0 saturated carbocycles. The van der Waals surface area contributed by atoms with Crippen LogP contribution in [0, 0.1) is 13.8 Å². The Morgan fingerprint density at radius 1 is 0.800 bits per heavy atom. The van der Waals surface area contributed by atoms with Crippen LogP contribution in [-0.2, 0) is 4.57 Å². The summed E-state index contributed by atoms with van der Waals surface area (Å²) in [4.78, 5) is 0. The highest BCUT2D eigenvalue weighted by atomic mass is 31.2. The first kappa shape index (κ1) is 8.59. The van der Waals surface area contributed by atoms with Gasteiger partial charge >= 0.3 is 7.82 Å². The first-order chi connectivity index (χ1) is 16.2. The second-order valence-corrected chi connectivity index (χ2v) is 6.34. The molecule has 0 heterocycles. The molecule has 3 aromatic rings. The van der Waals surface area contributed by atoms with Crippen LogP contribution in [0.2, 0.25) is 0 Å². The second-order valence-electron chi connectivity index (χ2n) is 4.90. The van der Waals surface area contributed by atoms with Gasteiger partial charge in [0.15, 0.2) is 0 Å². The summed E-state index contributed by atoms with van der Waals surface area (Å²) < 4.78 is 109. The molecule has 0 aromatic heterocycles. The molecule has 0 spiro atoms. The number of hydrogen-bond acceptors (Lipinski definition) is 4. The highest BCUT2D eigenvalue weighted by Gasteiger charge is 2.33. The Hall–Kier alpha value is -2.71. The molecular weight excluding hydrogens is 335 g/mol. The van der Waals surface area contributed by atoms with Crippen LogP contribution in [0.15, 0.2) is 78.6 Å².